The molecule has 0 spiro atoms. The maximum absolute atomic E-state index is 12.2. The molecule has 2 amide bonds. The normalized spacial score (nSPS) is 16.0. The third kappa shape index (κ3) is 2.88. The molecule has 2 heterocycles. The lowest BCUT2D eigenvalue weighted by Crippen LogP contribution is -2.33. The number of para-hydroxylation sites is 2. The van der Waals surface area contributed by atoms with Gasteiger partial charge in [0, 0.05) is 11.3 Å². The third-order valence-electron chi connectivity index (χ3n) is 3.70. The number of carbonyl (C=O) groups is 2. The zero-order chi connectivity index (χ0) is 16.5. The van der Waals surface area contributed by atoms with Crippen LogP contribution in [0, 0.1) is 0 Å². The van der Waals surface area contributed by atoms with Gasteiger partial charge in [-0.15, -0.1) is 11.3 Å². The molecule has 0 radical (unpaired) electrons. The van der Waals surface area contributed by atoms with Crippen LogP contribution in [0.3, 0.4) is 0 Å². The Morgan fingerprint density at radius 1 is 1.21 bits per heavy atom. The van der Waals surface area contributed by atoms with Crippen LogP contribution in [0.25, 0.3) is 10.2 Å². The summed E-state index contributed by atoms with van der Waals surface area (Å²) in [5, 5.41) is 5.57. The number of hydrogen-bond acceptors (Lipinski definition) is 5. The van der Waals surface area contributed by atoms with Crippen molar-refractivity contribution in [1.82, 2.24) is 10.3 Å². The van der Waals surface area contributed by atoms with E-state index in [2.05, 4.69) is 15.6 Å². The first kappa shape index (κ1) is 15.2. The average Bonchev–Trinajstić information content (AvgIpc) is 3.14. The molecule has 2 aromatic carbocycles. The van der Waals surface area contributed by atoms with Crippen molar-refractivity contribution >= 4 is 50.8 Å². The van der Waals surface area contributed by atoms with Gasteiger partial charge in [-0.2, -0.15) is 0 Å². The zero-order valence-corrected chi connectivity index (χ0v) is 14.1. The molecule has 0 fully saturated rings. The molecule has 3 aromatic rings. The molecule has 4 rings (SSSR count). The molecule has 1 atom stereocenters. The van der Waals surface area contributed by atoms with Crippen molar-refractivity contribution in [2.24, 2.45) is 0 Å². The van der Waals surface area contributed by atoms with Crippen molar-refractivity contribution in [3.8, 4) is 0 Å². The van der Waals surface area contributed by atoms with Crippen LogP contribution < -0.4 is 10.6 Å². The fourth-order valence-electron chi connectivity index (χ4n) is 2.59. The van der Waals surface area contributed by atoms with E-state index in [1.54, 1.807) is 11.3 Å². The van der Waals surface area contributed by atoms with Crippen LogP contribution in [0.4, 0.5) is 5.69 Å². The van der Waals surface area contributed by atoms with Crippen molar-refractivity contribution < 1.29 is 9.59 Å². The van der Waals surface area contributed by atoms with Crippen molar-refractivity contribution in [3.05, 3.63) is 54.1 Å². The summed E-state index contributed by atoms with van der Waals surface area (Å²) in [6, 6.07) is 14.6. The lowest BCUT2D eigenvalue weighted by Gasteiger charge is -2.10. The Morgan fingerprint density at radius 3 is 2.88 bits per heavy atom. The molecule has 24 heavy (non-hydrogen) atoms. The van der Waals surface area contributed by atoms with Gasteiger partial charge in [-0.3, -0.25) is 9.59 Å². The third-order valence-corrected chi connectivity index (χ3v) is 5.88. The minimum absolute atomic E-state index is 0.184. The number of nitrogens with one attached hydrogen (secondary N) is 2. The topological polar surface area (TPSA) is 71.1 Å². The highest BCUT2D eigenvalue weighted by atomic mass is 32.2. The Balaban J connectivity index is 1.41. The number of fused-ring (bicyclic) bond motifs is 2. The maximum Gasteiger partial charge on any atom is 0.251 e. The van der Waals surface area contributed by atoms with E-state index in [1.165, 1.54) is 11.8 Å². The highest BCUT2D eigenvalue weighted by Gasteiger charge is 2.31. The van der Waals surface area contributed by atoms with Crippen LogP contribution >= 0.6 is 23.1 Å². The summed E-state index contributed by atoms with van der Waals surface area (Å²) in [5.74, 6) is -0.156. The number of thioether (sulfide) groups is 1. The molecule has 0 unspecified atom stereocenters. The van der Waals surface area contributed by atoms with Crippen molar-refractivity contribution in [3.63, 3.8) is 0 Å². The predicted octanol–water partition coefficient (Wildman–Crippen LogP) is 3.20. The van der Waals surface area contributed by atoms with E-state index in [0.29, 0.717) is 0 Å². The molecule has 1 aliphatic rings. The summed E-state index contributed by atoms with van der Waals surface area (Å²) in [6.45, 7) is 0. The van der Waals surface area contributed by atoms with Gasteiger partial charge < -0.3 is 10.6 Å². The number of amides is 2. The monoisotopic (exact) mass is 355 g/mol. The molecule has 0 aliphatic carbocycles. The number of thiazole rings is 1. The van der Waals surface area contributed by atoms with Gasteiger partial charge in [0.1, 0.15) is 6.04 Å². The van der Waals surface area contributed by atoms with Gasteiger partial charge in [0.2, 0.25) is 5.91 Å². The number of carbonyl (C=O) groups excluding carboxylic acids is 2. The molecular weight excluding hydrogens is 342 g/mol. The van der Waals surface area contributed by atoms with Gasteiger partial charge in [-0.1, -0.05) is 42.1 Å². The van der Waals surface area contributed by atoms with E-state index in [-0.39, 0.29) is 17.6 Å². The van der Waals surface area contributed by atoms with Crippen LogP contribution in [0.15, 0.2) is 52.9 Å². The quantitative estimate of drug-likeness (QED) is 0.705. The average molecular weight is 355 g/mol. The Kier molecular flexibility index (Phi) is 3.95. The van der Waals surface area contributed by atoms with E-state index in [1.807, 2.05) is 48.5 Å². The Bertz CT molecular complexity index is 905. The fraction of sp³-hybridized carbons (Fsp3) is 0.118. The van der Waals surface area contributed by atoms with Crippen molar-refractivity contribution in [2.45, 2.75) is 10.4 Å². The molecule has 7 heteroatoms. The minimum Gasteiger partial charge on any atom is -0.340 e. The first-order valence-electron chi connectivity index (χ1n) is 7.38. The minimum atomic E-state index is -0.621. The highest BCUT2D eigenvalue weighted by Crippen LogP contribution is 2.31. The first-order valence-corrected chi connectivity index (χ1v) is 9.18. The summed E-state index contributed by atoms with van der Waals surface area (Å²) < 4.78 is 1.95. The van der Waals surface area contributed by atoms with Gasteiger partial charge in [0.05, 0.1) is 16.0 Å². The summed E-state index contributed by atoms with van der Waals surface area (Å²) >= 11 is 2.95. The first-order chi connectivity index (χ1) is 11.7. The second-order valence-corrected chi connectivity index (χ2v) is 7.57. The second-order valence-electron chi connectivity index (χ2n) is 5.31. The molecule has 5 nitrogen and oxygen atoms in total. The smallest absolute Gasteiger partial charge is 0.251 e. The van der Waals surface area contributed by atoms with Crippen LogP contribution in [-0.4, -0.2) is 22.6 Å². The van der Waals surface area contributed by atoms with Crippen LogP contribution in [0.5, 0.6) is 0 Å². The number of nitrogens with zero attached hydrogens (tertiary/aromatic N) is 1. The zero-order valence-electron chi connectivity index (χ0n) is 12.5. The summed E-state index contributed by atoms with van der Waals surface area (Å²) in [5.41, 5.74) is 2.50. The van der Waals surface area contributed by atoms with Crippen LogP contribution in [0.2, 0.25) is 0 Å². The van der Waals surface area contributed by atoms with Crippen molar-refractivity contribution in [2.75, 3.05) is 11.1 Å². The number of hydrogen-bond donors (Lipinski definition) is 2. The van der Waals surface area contributed by atoms with Gasteiger partial charge in [-0.05, 0) is 18.2 Å². The lowest BCUT2D eigenvalue weighted by atomic mass is 10.1. The molecule has 0 saturated carbocycles. The molecule has 2 N–H and O–H groups in total. The number of benzene rings is 2. The van der Waals surface area contributed by atoms with Crippen LogP contribution in [-0.2, 0) is 9.59 Å². The van der Waals surface area contributed by atoms with Gasteiger partial charge in [0.15, 0.2) is 4.34 Å². The van der Waals surface area contributed by atoms with Gasteiger partial charge in [0.25, 0.3) is 5.91 Å². The Hall–Kier alpha value is -2.38. The van der Waals surface area contributed by atoms with E-state index < -0.39 is 6.04 Å². The fourth-order valence-corrected chi connectivity index (χ4v) is 4.47. The number of anilines is 1. The molecular formula is C17H13N3O2S2. The number of rotatable bonds is 4. The molecule has 120 valence electrons. The van der Waals surface area contributed by atoms with Crippen LogP contribution in [0.1, 0.15) is 11.6 Å². The molecule has 0 saturated heterocycles. The second kappa shape index (κ2) is 6.26. The van der Waals surface area contributed by atoms with E-state index in [4.69, 9.17) is 0 Å². The Morgan fingerprint density at radius 2 is 2.00 bits per heavy atom. The predicted molar refractivity (Wildman–Crippen MR) is 96.3 cm³/mol. The summed E-state index contributed by atoms with van der Waals surface area (Å²) in [6.07, 6.45) is 0. The van der Waals surface area contributed by atoms with E-state index in [0.717, 1.165) is 25.8 Å². The van der Waals surface area contributed by atoms with E-state index in [9.17, 15) is 9.59 Å². The van der Waals surface area contributed by atoms with E-state index >= 15 is 0 Å². The highest BCUT2D eigenvalue weighted by molar-refractivity contribution is 8.01. The largest absolute Gasteiger partial charge is 0.340 e. The SMILES string of the molecule is O=C(CSc1nc2ccccc2s1)N[C@H]1C(=O)Nc2ccccc21. The molecule has 0 bridgehead atoms. The van der Waals surface area contributed by atoms with Crippen molar-refractivity contribution in [1.29, 1.82) is 0 Å². The maximum atomic E-state index is 12.2. The van der Waals surface area contributed by atoms with Gasteiger partial charge >= 0.3 is 0 Å². The summed E-state index contributed by atoms with van der Waals surface area (Å²) in [4.78, 5) is 28.7. The molecule has 1 aliphatic heterocycles. The van der Waals surface area contributed by atoms with Gasteiger partial charge in [-0.25, -0.2) is 4.98 Å². The Labute approximate surface area is 146 Å². The molecule has 1 aromatic heterocycles. The number of aromatic nitrogens is 1. The lowest BCUT2D eigenvalue weighted by molar-refractivity contribution is -0.124. The summed E-state index contributed by atoms with van der Waals surface area (Å²) in [7, 11) is 0. The standard InChI is InChI=1S/C17H13N3O2S2/c21-14(9-23-17-19-12-7-3-4-8-13(12)24-17)20-15-10-5-1-2-6-11(10)18-16(15)22/h1-8,15H,9H2,(H,18,22)(H,20,21)/t15-/m1/s1.